The van der Waals surface area contributed by atoms with E-state index in [0.717, 1.165) is 0 Å². The zero-order valence-electron chi connectivity index (χ0n) is 5.53. The monoisotopic (exact) mass is 176 g/mol. The molecule has 0 fully saturated rings. The van der Waals surface area contributed by atoms with Crippen molar-refractivity contribution in [3.05, 3.63) is 0 Å². The van der Waals surface area contributed by atoms with Crippen molar-refractivity contribution < 1.29 is 14.3 Å². The van der Waals surface area contributed by atoms with Gasteiger partial charge >= 0.3 is 41.5 Å². The summed E-state index contributed by atoms with van der Waals surface area (Å²) in [6, 6.07) is 3.01. The van der Waals surface area contributed by atoms with E-state index >= 15 is 0 Å². The third-order valence-electron chi connectivity index (χ3n) is 0.674. The van der Waals surface area contributed by atoms with Crippen molar-refractivity contribution in [1.82, 2.24) is 0 Å². The van der Waals surface area contributed by atoms with Crippen LogP contribution in [-0.4, -0.2) is 41.5 Å². The fourth-order valence-corrected chi connectivity index (χ4v) is 0.328. The summed E-state index contributed by atoms with van der Waals surface area (Å²) in [6.07, 6.45) is -0.950. The van der Waals surface area contributed by atoms with Gasteiger partial charge in [0.25, 0.3) is 0 Å². The second kappa shape index (κ2) is 8.22. The number of ether oxygens (including phenoxy) is 1. The molecular formula is C6H5N2NaO3. The van der Waals surface area contributed by atoms with Gasteiger partial charge < -0.3 is 4.74 Å². The predicted molar refractivity (Wildman–Crippen MR) is 38.7 cm³/mol. The van der Waals surface area contributed by atoms with Crippen LogP contribution in [0.5, 0.6) is 0 Å². The van der Waals surface area contributed by atoms with Crippen LogP contribution >= 0.6 is 0 Å². The molecule has 0 aromatic rings. The maximum atomic E-state index is 10.4. The molecule has 0 aromatic heterocycles. The van der Waals surface area contributed by atoms with Crippen LogP contribution in [0.2, 0.25) is 0 Å². The van der Waals surface area contributed by atoms with Crippen LogP contribution in [0.25, 0.3) is 0 Å². The van der Waals surface area contributed by atoms with Crippen LogP contribution in [0.15, 0.2) is 0 Å². The molecule has 58 valence electrons. The summed E-state index contributed by atoms with van der Waals surface area (Å²) in [4.78, 5) is 20.7. The fraction of sp³-hybridized carbons (Fsp3) is 0.333. The zero-order chi connectivity index (χ0) is 8.69. The third kappa shape index (κ3) is 7.23. The molecule has 0 bridgehead atoms. The maximum absolute atomic E-state index is 10.4. The molecular weight excluding hydrogens is 171 g/mol. The number of nitrogens with zero attached hydrogens (tertiary/aromatic N) is 2. The topological polar surface area (TPSA) is 90.9 Å². The Bertz CT molecular complexity index is 224. The van der Waals surface area contributed by atoms with Gasteiger partial charge in [0.15, 0.2) is 0 Å². The average Bonchev–Trinajstić information content (AvgIpc) is 1.87. The quantitative estimate of drug-likeness (QED) is 0.313. The summed E-state index contributed by atoms with van der Waals surface area (Å²) < 4.78 is 4.01. The Morgan fingerprint density at radius 3 is 1.67 bits per heavy atom. The van der Waals surface area contributed by atoms with Crippen molar-refractivity contribution in [3.8, 4) is 12.1 Å². The Balaban J connectivity index is 0. The SMILES string of the molecule is N#CCC(=O)OC(=O)CC#N.[NaH]. The number of esters is 2. The predicted octanol–water partition coefficient (Wildman–Crippen LogP) is -0.765. The van der Waals surface area contributed by atoms with Crippen LogP contribution in [0.1, 0.15) is 12.8 Å². The molecule has 0 aromatic carbocycles. The molecule has 12 heavy (non-hydrogen) atoms. The van der Waals surface area contributed by atoms with Gasteiger partial charge in [0.1, 0.15) is 12.8 Å². The molecule has 0 aliphatic carbocycles. The van der Waals surface area contributed by atoms with E-state index in [0.29, 0.717) is 0 Å². The van der Waals surface area contributed by atoms with Gasteiger partial charge in [-0.25, -0.2) is 0 Å². The van der Waals surface area contributed by atoms with E-state index in [1.165, 1.54) is 12.1 Å². The molecule has 0 radical (unpaired) electrons. The Kier molecular flexibility index (Phi) is 9.38. The Labute approximate surface area is 91.2 Å². The van der Waals surface area contributed by atoms with Gasteiger partial charge in [-0.15, -0.1) is 0 Å². The van der Waals surface area contributed by atoms with Gasteiger partial charge in [0.05, 0.1) is 12.1 Å². The van der Waals surface area contributed by atoms with Crippen LogP contribution in [0.3, 0.4) is 0 Å². The third-order valence-corrected chi connectivity index (χ3v) is 0.674. The summed E-state index contributed by atoms with van der Waals surface area (Å²) in [5, 5.41) is 15.9. The summed E-state index contributed by atoms with van der Waals surface area (Å²) in [5.41, 5.74) is 0. The normalized spacial score (nSPS) is 6.83. The van der Waals surface area contributed by atoms with Crippen LogP contribution in [0, 0.1) is 22.7 Å². The van der Waals surface area contributed by atoms with Crippen molar-refractivity contribution in [2.45, 2.75) is 12.8 Å². The minimum atomic E-state index is -0.923. The number of carbonyl (C=O) groups is 2. The first kappa shape index (κ1) is 13.7. The molecule has 0 aliphatic rings. The summed E-state index contributed by atoms with van der Waals surface area (Å²) in [6.45, 7) is 0. The van der Waals surface area contributed by atoms with Crippen LogP contribution < -0.4 is 0 Å². The standard InChI is InChI=1S/C6H4N2O3.Na.H/c7-3-1-5(9)11-6(10)2-4-8;;/h1-2H2;;. The molecule has 0 atom stereocenters. The number of nitriles is 2. The van der Waals surface area contributed by atoms with Crippen molar-refractivity contribution in [3.63, 3.8) is 0 Å². The van der Waals surface area contributed by atoms with Gasteiger partial charge in [-0.05, 0) is 0 Å². The van der Waals surface area contributed by atoms with Gasteiger partial charge in [0.2, 0.25) is 0 Å². The summed E-state index contributed by atoms with van der Waals surface area (Å²) in [7, 11) is 0. The van der Waals surface area contributed by atoms with E-state index in [4.69, 9.17) is 10.5 Å². The van der Waals surface area contributed by atoms with Gasteiger partial charge in [-0.3, -0.25) is 9.59 Å². The first-order valence-corrected chi connectivity index (χ1v) is 2.68. The number of carbonyl (C=O) groups excluding carboxylic acids is 2. The molecule has 6 heteroatoms. The van der Waals surface area contributed by atoms with Crippen molar-refractivity contribution in [2.24, 2.45) is 0 Å². The first-order chi connectivity index (χ1) is 5.20. The zero-order valence-corrected chi connectivity index (χ0v) is 5.53. The Hall–Kier alpha value is -0.880. The number of hydrogen-bond donors (Lipinski definition) is 0. The van der Waals surface area contributed by atoms with Gasteiger partial charge in [-0.2, -0.15) is 10.5 Å². The van der Waals surface area contributed by atoms with Crippen LogP contribution in [0.4, 0.5) is 0 Å². The second-order valence-corrected chi connectivity index (χ2v) is 1.52. The number of hydrogen-bond acceptors (Lipinski definition) is 5. The van der Waals surface area contributed by atoms with E-state index in [1.807, 2.05) is 0 Å². The molecule has 0 aliphatic heterocycles. The van der Waals surface area contributed by atoms with E-state index < -0.39 is 24.8 Å². The first-order valence-electron chi connectivity index (χ1n) is 2.68. The van der Waals surface area contributed by atoms with Gasteiger partial charge in [0, 0.05) is 0 Å². The molecule has 0 saturated heterocycles. The average molecular weight is 176 g/mol. The molecule has 0 spiro atoms. The van der Waals surface area contributed by atoms with E-state index in [1.54, 1.807) is 0 Å². The van der Waals surface area contributed by atoms with Crippen molar-refractivity contribution in [2.75, 3.05) is 0 Å². The van der Waals surface area contributed by atoms with Gasteiger partial charge in [-0.1, -0.05) is 0 Å². The Morgan fingerprint density at radius 2 is 1.42 bits per heavy atom. The van der Waals surface area contributed by atoms with E-state index in [2.05, 4.69) is 4.74 Å². The molecule has 5 nitrogen and oxygen atoms in total. The van der Waals surface area contributed by atoms with E-state index in [-0.39, 0.29) is 29.6 Å². The fourth-order valence-electron chi connectivity index (χ4n) is 0.328. The van der Waals surface area contributed by atoms with E-state index in [9.17, 15) is 9.59 Å². The van der Waals surface area contributed by atoms with Crippen molar-refractivity contribution in [1.29, 1.82) is 10.5 Å². The Morgan fingerprint density at radius 1 is 1.08 bits per heavy atom. The molecule has 0 saturated carbocycles. The number of rotatable bonds is 2. The molecule has 0 unspecified atom stereocenters. The minimum absolute atomic E-state index is 0. The summed E-state index contributed by atoms with van der Waals surface area (Å²) in [5.74, 6) is -1.85. The molecule has 0 N–H and O–H groups in total. The van der Waals surface area contributed by atoms with Crippen molar-refractivity contribution >= 4 is 41.5 Å². The second-order valence-electron chi connectivity index (χ2n) is 1.52. The molecule has 0 amide bonds. The summed E-state index contributed by atoms with van der Waals surface area (Å²) >= 11 is 0. The van der Waals surface area contributed by atoms with Crippen LogP contribution in [-0.2, 0) is 14.3 Å². The molecule has 0 rings (SSSR count). The molecule has 0 heterocycles.